The zero-order valence-electron chi connectivity index (χ0n) is 17.6. The number of ether oxygens (including phenoxy) is 2. The topological polar surface area (TPSA) is 76.2 Å². The number of halogens is 1. The molecule has 0 aromatic heterocycles. The molecule has 0 N–H and O–H groups in total. The van der Waals surface area contributed by atoms with Crippen molar-refractivity contribution in [1.82, 2.24) is 9.80 Å². The number of carbonyl (C=O) groups is 3. The maximum absolute atomic E-state index is 13.5. The average molecular weight is 437 g/mol. The summed E-state index contributed by atoms with van der Waals surface area (Å²) in [7, 11) is 3.17. The Morgan fingerprint density at radius 2 is 2.00 bits per heavy atom. The van der Waals surface area contributed by atoms with Crippen molar-refractivity contribution in [3.05, 3.63) is 34.9 Å². The van der Waals surface area contributed by atoms with Crippen molar-refractivity contribution in [2.24, 2.45) is 5.92 Å². The number of piperidine rings is 1. The largest absolute Gasteiger partial charge is 0.384 e. The molecule has 3 amide bonds. The number of carbonyl (C=O) groups excluding carboxylic acids is 3. The van der Waals surface area contributed by atoms with E-state index in [1.165, 1.54) is 12.0 Å². The van der Waals surface area contributed by atoms with Crippen molar-refractivity contribution >= 4 is 29.3 Å². The molecule has 0 unspecified atom stereocenters. The summed E-state index contributed by atoms with van der Waals surface area (Å²) < 4.78 is 10.3. The Bertz CT molecular complexity index is 799. The van der Waals surface area contributed by atoms with Crippen molar-refractivity contribution in [2.45, 2.75) is 31.1 Å². The minimum atomic E-state index is -1.28. The lowest BCUT2D eigenvalue weighted by Crippen LogP contribution is -2.47. The number of methoxy groups -OCH3 is 2. The summed E-state index contributed by atoms with van der Waals surface area (Å²) in [6.45, 7) is 2.25. The van der Waals surface area contributed by atoms with E-state index in [0.29, 0.717) is 30.3 Å². The molecule has 3 rings (SSSR count). The van der Waals surface area contributed by atoms with Crippen molar-refractivity contribution < 1.29 is 23.9 Å². The van der Waals surface area contributed by atoms with Gasteiger partial charge >= 0.3 is 0 Å². The molecule has 0 bridgehead atoms. The van der Waals surface area contributed by atoms with Crippen molar-refractivity contribution in [2.75, 3.05) is 47.1 Å². The van der Waals surface area contributed by atoms with E-state index in [1.54, 1.807) is 36.3 Å². The van der Waals surface area contributed by atoms with Gasteiger partial charge in [-0.05, 0) is 30.4 Å². The Labute approximate surface area is 182 Å². The molecule has 0 spiro atoms. The monoisotopic (exact) mass is 436 g/mol. The van der Waals surface area contributed by atoms with E-state index in [1.807, 2.05) is 0 Å². The van der Waals surface area contributed by atoms with Gasteiger partial charge in [-0.1, -0.05) is 29.8 Å². The average Bonchev–Trinajstić information content (AvgIpc) is 2.97. The summed E-state index contributed by atoms with van der Waals surface area (Å²) in [6.07, 6.45) is 1.76. The van der Waals surface area contributed by atoms with Crippen LogP contribution >= 0.6 is 11.6 Å². The lowest BCUT2D eigenvalue weighted by Gasteiger charge is -2.35. The van der Waals surface area contributed by atoms with E-state index in [9.17, 15) is 14.4 Å². The molecule has 164 valence electrons. The van der Waals surface area contributed by atoms with Gasteiger partial charge in [-0.25, -0.2) is 0 Å². The lowest BCUT2D eigenvalue weighted by atomic mass is 9.75. The molecule has 7 nitrogen and oxygen atoms in total. The van der Waals surface area contributed by atoms with Crippen LogP contribution in [0.3, 0.4) is 0 Å². The van der Waals surface area contributed by atoms with Crippen molar-refractivity contribution in [3.8, 4) is 0 Å². The van der Waals surface area contributed by atoms with E-state index in [2.05, 4.69) is 0 Å². The first kappa shape index (κ1) is 22.7. The summed E-state index contributed by atoms with van der Waals surface area (Å²) in [4.78, 5) is 42.5. The smallest absolute Gasteiger partial charge is 0.241 e. The molecule has 2 heterocycles. The summed E-state index contributed by atoms with van der Waals surface area (Å²) in [5, 5.41) is 0.385. The molecule has 0 aliphatic carbocycles. The second kappa shape index (κ2) is 9.90. The third kappa shape index (κ3) is 4.53. The molecular formula is C22H29ClN2O5. The molecule has 2 aliphatic heterocycles. The third-order valence-electron chi connectivity index (χ3n) is 6.04. The fourth-order valence-electron chi connectivity index (χ4n) is 4.54. The SMILES string of the molecule is COCCN1C(=O)C[C@](CC(=O)N2CCC[C@H](COC)C2)(c2ccccc2Cl)C1=O. The fraction of sp³-hybridized carbons (Fsp3) is 0.591. The quantitative estimate of drug-likeness (QED) is 0.584. The summed E-state index contributed by atoms with van der Waals surface area (Å²) in [6, 6.07) is 6.97. The molecule has 8 heteroatoms. The van der Waals surface area contributed by atoms with Crippen molar-refractivity contribution in [1.29, 1.82) is 0 Å². The van der Waals surface area contributed by atoms with Gasteiger partial charge < -0.3 is 14.4 Å². The van der Waals surface area contributed by atoms with Crippen LogP contribution in [0.25, 0.3) is 0 Å². The van der Waals surface area contributed by atoms with Crippen LogP contribution in [0, 0.1) is 5.92 Å². The molecule has 1 aromatic carbocycles. The minimum Gasteiger partial charge on any atom is -0.384 e. The van der Waals surface area contributed by atoms with Gasteiger partial charge in [0.15, 0.2) is 0 Å². The number of amides is 3. The summed E-state index contributed by atoms with van der Waals surface area (Å²) in [5.74, 6) is -0.536. The van der Waals surface area contributed by atoms with Crippen LogP contribution in [-0.4, -0.2) is 74.6 Å². The van der Waals surface area contributed by atoms with E-state index < -0.39 is 5.41 Å². The van der Waals surface area contributed by atoms with E-state index >= 15 is 0 Å². The minimum absolute atomic E-state index is 0.0691. The van der Waals surface area contributed by atoms with Gasteiger partial charge in [0.1, 0.15) is 0 Å². The van der Waals surface area contributed by atoms with Gasteiger partial charge in [0.2, 0.25) is 17.7 Å². The normalized spacial score (nSPS) is 24.6. The van der Waals surface area contributed by atoms with E-state index in [0.717, 1.165) is 12.8 Å². The Kier molecular flexibility index (Phi) is 7.50. The highest BCUT2D eigenvalue weighted by Gasteiger charge is 2.54. The number of hydrogen-bond acceptors (Lipinski definition) is 5. The van der Waals surface area contributed by atoms with Gasteiger partial charge in [-0.2, -0.15) is 0 Å². The van der Waals surface area contributed by atoms with Crippen LogP contribution in [0.5, 0.6) is 0 Å². The van der Waals surface area contributed by atoms with E-state index in [-0.39, 0.29) is 49.6 Å². The number of rotatable bonds is 8. The number of hydrogen-bond donors (Lipinski definition) is 0. The number of imide groups is 1. The van der Waals surface area contributed by atoms with Gasteiger partial charge in [-0.15, -0.1) is 0 Å². The second-order valence-electron chi connectivity index (χ2n) is 8.06. The molecule has 2 fully saturated rings. The maximum Gasteiger partial charge on any atom is 0.241 e. The third-order valence-corrected chi connectivity index (χ3v) is 6.37. The van der Waals surface area contributed by atoms with Crippen LogP contribution in [-0.2, 0) is 29.3 Å². The predicted octanol–water partition coefficient (Wildman–Crippen LogP) is 2.26. The van der Waals surface area contributed by atoms with Crippen LogP contribution in [0.1, 0.15) is 31.2 Å². The number of benzene rings is 1. The zero-order valence-corrected chi connectivity index (χ0v) is 18.3. The lowest BCUT2D eigenvalue weighted by molar-refractivity contribution is -0.143. The molecule has 30 heavy (non-hydrogen) atoms. The molecular weight excluding hydrogens is 408 g/mol. The Morgan fingerprint density at radius 1 is 1.23 bits per heavy atom. The number of nitrogens with zero attached hydrogens (tertiary/aromatic N) is 2. The Hall–Kier alpha value is -1.96. The van der Waals surface area contributed by atoms with Crippen LogP contribution in [0.15, 0.2) is 24.3 Å². The first-order valence-corrected chi connectivity index (χ1v) is 10.7. The highest BCUT2D eigenvalue weighted by atomic mass is 35.5. The summed E-state index contributed by atoms with van der Waals surface area (Å²) in [5.41, 5.74) is -0.752. The molecule has 0 radical (unpaired) electrons. The molecule has 0 saturated carbocycles. The van der Waals surface area contributed by atoms with Gasteiger partial charge in [0.05, 0.1) is 25.2 Å². The van der Waals surface area contributed by atoms with Crippen molar-refractivity contribution in [3.63, 3.8) is 0 Å². The standard InChI is InChI=1S/C22H29ClN2O5/c1-29-11-10-25-20(27)13-22(21(25)28,17-7-3-4-8-18(17)23)12-19(26)24-9-5-6-16(14-24)15-30-2/h3-4,7-8,16H,5-6,9-15H2,1-2H3/t16-,22+/m0/s1. The fourth-order valence-corrected chi connectivity index (χ4v) is 4.85. The molecule has 2 aliphatic rings. The van der Waals surface area contributed by atoms with Gasteiger partial charge in [-0.3, -0.25) is 19.3 Å². The highest BCUT2D eigenvalue weighted by Crippen LogP contribution is 2.43. The van der Waals surface area contributed by atoms with Crippen LogP contribution < -0.4 is 0 Å². The molecule has 1 aromatic rings. The maximum atomic E-state index is 13.5. The first-order chi connectivity index (χ1) is 14.4. The molecule has 2 atom stereocenters. The Morgan fingerprint density at radius 3 is 2.70 bits per heavy atom. The molecule has 2 saturated heterocycles. The highest BCUT2D eigenvalue weighted by molar-refractivity contribution is 6.32. The van der Waals surface area contributed by atoms with E-state index in [4.69, 9.17) is 21.1 Å². The van der Waals surface area contributed by atoms with Gasteiger partial charge in [0.25, 0.3) is 0 Å². The number of likely N-dealkylation sites (tertiary alicyclic amines) is 2. The second-order valence-corrected chi connectivity index (χ2v) is 8.47. The predicted molar refractivity (Wildman–Crippen MR) is 112 cm³/mol. The Balaban J connectivity index is 1.90. The first-order valence-electron chi connectivity index (χ1n) is 10.3. The zero-order chi connectivity index (χ0) is 21.7. The van der Waals surface area contributed by atoms with Gasteiger partial charge in [0, 0.05) is 45.2 Å². The summed E-state index contributed by atoms with van der Waals surface area (Å²) >= 11 is 6.44. The van der Waals surface area contributed by atoms with Crippen LogP contribution in [0.4, 0.5) is 0 Å². The van der Waals surface area contributed by atoms with Crippen LogP contribution in [0.2, 0.25) is 5.02 Å².